The Labute approximate surface area is 270 Å². The molecule has 5 aromatic rings. The normalized spacial score (nSPS) is 12.5. The monoisotopic (exact) mass is 607 g/mol. The third kappa shape index (κ3) is 6.94. The van der Waals surface area contributed by atoms with Crippen LogP contribution in [0.3, 0.4) is 0 Å². The summed E-state index contributed by atoms with van der Waals surface area (Å²) < 4.78 is 11.3. The molecule has 5 aromatic carbocycles. The second-order valence-corrected chi connectivity index (χ2v) is 11.5. The van der Waals surface area contributed by atoms with Crippen LogP contribution in [0.2, 0.25) is 0 Å². The fourth-order valence-corrected chi connectivity index (χ4v) is 5.95. The number of carbonyl (C=O) groups is 2. The van der Waals surface area contributed by atoms with Crippen LogP contribution in [0, 0.1) is 0 Å². The van der Waals surface area contributed by atoms with Crippen molar-refractivity contribution < 1.29 is 19.1 Å². The smallest absolute Gasteiger partial charge is 0.328 e. The highest BCUT2D eigenvalue weighted by atomic mass is 16.5. The van der Waals surface area contributed by atoms with Crippen LogP contribution in [0.25, 0.3) is 17.2 Å². The topological polar surface area (TPSA) is 64.6 Å². The maximum Gasteiger partial charge on any atom is 0.328 e. The molecule has 0 bridgehead atoms. The first-order valence-electron chi connectivity index (χ1n) is 15.7. The maximum atomic E-state index is 13.2. The molecule has 1 aliphatic rings. The number of ether oxygens (including phenoxy) is 2. The predicted octanol–water partition coefficient (Wildman–Crippen LogP) is 8.56. The van der Waals surface area contributed by atoms with Crippen LogP contribution in [0.5, 0.6) is 5.75 Å². The van der Waals surface area contributed by atoms with Gasteiger partial charge in [-0.3, -0.25) is 4.79 Å². The van der Waals surface area contributed by atoms with Crippen molar-refractivity contribution in [1.29, 1.82) is 0 Å². The Bertz CT molecular complexity index is 1880. The molecule has 0 radical (unpaired) electrons. The zero-order valence-corrected chi connectivity index (χ0v) is 26.2. The van der Waals surface area contributed by atoms with E-state index in [1.807, 2.05) is 60.7 Å². The van der Waals surface area contributed by atoms with E-state index in [9.17, 15) is 9.59 Å². The number of nitrogens with one attached hydrogen (secondary N) is 1. The van der Waals surface area contributed by atoms with Gasteiger partial charge in [0.1, 0.15) is 18.4 Å². The van der Waals surface area contributed by atoms with Gasteiger partial charge < -0.3 is 14.8 Å². The Morgan fingerprint density at radius 1 is 0.804 bits per heavy atom. The quantitative estimate of drug-likeness (QED) is 0.112. The largest absolute Gasteiger partial charge is 0.489 e. The SMILES string of the molecule is CC/C(=C\c1ccc2c(c1)Cc1ccccc1-2)COc1ccc(C[C@H](Nc2ccccc2C(=O)c2ccccc2)C(=O)OC)cc1. The van der Waals surface area contributed by atoms with Crippen molar-refractivity contribution in [1.82, 2.24) is 0 Å². The van der Waals surface area contributed by atoms with Crippen LogP contribution in [-0.2, 0) is 22.4 Å². The minimum Gasteiger partial charge on any atom is -0.489 e. The molecule has 6 rings (SSSR count). The van der Waals surface area contributed by atoms with Crippen molar-refractivity contribution in [3.63, 3.8) is 0 Å². The average Bonchev–Trinajstić information content (AvgIpc) is 3.48. The fraction of sp³-hybridized carbons (Fsp3) is 0.171. The number of fused-ring (bicyclic) bond motifs is 3. The third-order valence-corrected chi connectivity index (χ3v) is 8.45. The number of rotatable bonds is 12. The van der Waals surface area contributed by atoms with E-state index in [1.165, 1.54) is 40.5 Å². The lowest BCUT2D eigenvalue weighted by atomic mass is 10.00. The van der Waals surface area contributed by atoms with E-state index in [1.54, 1.807) is 18.2 Å². The number of ketones is 1. The van der Waals surface area contributed by atoms with Gasteiger partial charge in [0.25, 0.3) is 0 Å². The van der Waals surface area contributed by atoms with Gasteiger partial charge in [0.2, 0.25) is 0 Å². The van der Waals surface area contributed by atoms with Gasteiger partial charge in [-0.1, -0.05) is 110 Å². The van der Waals surface area contributed by atoms with Gasteiger partial charge in [-0.05, 0) is 76.1 Å². The van der Waals surface area contributed by atoms with Crippen LogP contribution >= 0.6 is 0 Å². The molecule has 0 aromatic heterocycles. The lowest BCUT2D eigenvalue weighted by Gasteiger charge is -2.20. The number of hydrogen-bond donors (Lipinski definition) is 1. The van der Waals surface area contributed by atoms with E-state index in [-0.39, 0.29) is 5.78 Å². The van der Waals surface area contributed by atoms with E-state index in [0.717, 1.165) is 24.2 Å². The van der Waals surface area contributed by atoms with Crippen LogP contribution < -0.4 is 10.1 Å². The highest BCUT2D eigenvalue weighted by Gasteiger charge is 2.23. The number of carbonyl (C=O) groups excluding carboxylic acids is 2. The van der Waals surface area contributed by atoms with Crippen molar-refractivity contribution in [3.05, 3.63) is 160 Å². The minimum atomic E-state index is -0.684. The highest BCUT2D eigenvalue weighted by molar-refractivity contribution is 6.12. The molecule has 0 heterocycles. The zero-order chi connectivity index (χ0) is 31.9. The summed E-state index contributed by atoms with van der Waals surface area (Å²) in [7, 11) is 1.37. The van der Waals surface area contributed by atoms with E-state index in [4.69, 9.17) is 9.47 Å². The summed E-state index contributed by atoms with van der Waals surface area (Å²) in [6.07, 6.45) is 4.46. The summed E-state index contributed by atoms with van der Waals surface area (Å²) in [6, 6.07) is 38.8. The van der Waals surface area contributed by atoms with E-state index in [0.29, 0.717) is 29.8 Å². The number of benzene rings is 5. The summed E-state index contributed by atoms with van der Waals surface area (Å²) >= 11 is 0. The summed E-state index contributed by atoms with van der Waals surface area (Å²) in [5.74, 6) is 0.236. The van der Waals surface area contributed by atoms with Gasteiger partial charge in [0, 0.05) is 23.2 Å². The van der Waals surface area contributed by atoms with Crippen molar-refractivity contribution >= 4 is 23.5 Å². The van der Waals surface area contributed by atoms with Crippen molar-refractivity contribution in [2.45, 2.75) is 32.2 Å². The molecule has 0 fully saturated rings. The molecule has 5 nitrogen and oxygen atoms in total. The van der Waals surface area contributed by atoms with Crippen molar-refractivity contribution in [2.24, 2.45) is 0 Å². The standard InChI is InChI=1S/C41H37NO4/c1-3-28(23-30-19-22-36-33(24-30)26-32-13-7-8-14-35(32)36)27-46-34-20-17-29(18-21-34)25-39(41(44)45-2)42-38-16-10-9-15-37(38)40(43)31-11-5-4-6-12-31/h4-24,39,42H,3,25-27H2,1-2H3/b28-23+/t39-/m0/s1. The lowest BCUT2D eigenvalue weighted by Crippen LogP contribution is -2.33. The van der Waals surface area contributed by atoms with Gasteiger partial charge >= 0.3 is 5.97 Å². The molecule has 0 saturated carbocycles. The fourth-order valence-electron chi connectivity index (χ4n) is 5.95. The zero-order valence-electron chi connectivity index (χ0n) is 26.2. The highest BCUT2D eigenvalue weighted by Crippen LogP contribution is 2.37. The Balaban J connectivity index is 1.10. The van der Waals surface area contributed by atoms with Crippen LogP contribution in [0.4, 0.5) is 5.69 Å². The average molecular weight is 608 g/mol. The van der Waals surface area contributed by atoms with E-state index < -0.39 is 12.0 Å². The number of esters is 1. The first kappa shape index (κ1) is 30.6. The minimum absolute atomic E-state index is 0.115. The first-order chi connectivity index (χ1) is 22.5. The predicted molar refractivity (Wildman–Crippen MR) is 184 cm³/mol. The molecule has 0 unspecified atom stereocenters. The molecular formula is C41H37NO4. The van der Waals surface area contributed by atoms with Gasteiger partial charge in [-0.2, -0.15) is 0 Å². The van der Waals surface area contributed by atoms with Gasteiger partial charge in [-0.15, -0.1) is 0 Å². The molecule has 1 atom stereocenters. The van der Waals surface area contributed by atoms with Crippen LogP contribution in [0.15, 0.2) is 127 Å². The number of methoxy groups -OCH3 is 1. The second-order valence-electron chi connectivity index (χ2n) is 11.5. The first-order valence-corrected chi connectivity index (χ1v) is 15.7. The summed E-state index contributed by atoms with van der Waals surface area (Å²) in [6.45, 7) is 2.64. The van der Waals surface area contributed by atoms with Crippen molar-refractivity contribution in [3.8, 4) is 16.9 Å². The molecule has 0 aliphatic heterocycles. The molecule has 0 amide bonds. The molecule has 1 aliphatic carbocycles. The summed E-state index contributed by atoms with van der Waals surface area (Å²) in [4.78, 5) is 26.0. The molecule has 0 spiro atoms. The van der Waals surface area contributed by atoms with Crippen LogP contribution in [-0.4, -0.2) is 31.5 Å². The van der Waals surface area contributed by atoms with Gasteiger partial charge in [0.15, 0.2) is 5.78 Å². The molecule has 5 heteroatoms. The third-order valence-electron chi connectivity index (χ3n) is 8.45. The van der Waals surface area contributed by atoms with Gasteiger partial charge in [0.05, 0.1) is 7.11 Å². The Kier molecular flexibility index (Phi) is 9.40. The number of anilines is 1. The Hall–Kier alpha value is -5.42. The Morgan fingerprint density at radius 3 is 2.30 bits per heavy atom. The van der Waals surface area contributed by atoms with E-state index >= 15 is 0 Å². The summed E-state index contributed by atoms with van der Waals surface area (Å²) in [5, 5.41) is 3.27. The van der Waals surface area contributed by atoms with Crippen LogP contribution in [0.1, 0.15) is 51.5 Å². The van der Waals surface area contributed by atoms with Gasteiger partial charge in [-0.25, -0.2) is 4.79 Å². The Morgan fingerprint density at radius 2 is 1.52 bits per heavy atom. The second kappa shape index (κ2) is 14.1. The van der Waals surface area contributed by atoms with E-state index in [2.05, 4.69) is 60.8 Å². The van der Waals surface area contributed by atoms with Crippen molar-refractivity contribution in [2.75, 3.05) is 19.0 Å². The summed E-state index contributed by atoms with van der Waals surface area (Å²) in [5.41, 5.74) is 10.4. The molecule has 46 heavy (non-hydrogen) atoms. The molecule has 1 N–H and O–H groups in total. The molecule has 230 valence electrons. The number of hydrogen-bond acceptors (Lipinski definition) is 5. The maximum absolute atomic E-state index is 13.2. The molecular weight excluding hydrogens is 570 g/mol. The molecule has 0 saturated heterocycles. The lowest BCUT2D eigenvalue weighted by molar-refractivity contribution is -0.141. The number of para-hydroxylation sites is 1.